The second kappa shape index (κ2) is 6.49. The lowest BCUT2D eigenvalue weighted by Gasteiger charge is -2.15. The lowest BCUT2D eigenvalue weighted by Crippen LogP contribution is -2.31. The molecule has 0 aromatic carbocycles. The molecule has 0 spiro atoms. The monoisotopic (exact) mass is 263 g/mol. The summed E-state index contributed by atoms with van der Waals surface area (Å²) in [5.74, 6) is 0.459. The van der Waals surface area contributed by atoms with Crippen molar-refractivity contribution >= 4 is 16.9 Å². The molecule has 0 aliphatic carbocycles. The molecule has 19 heavy (non-hydrogen) atoms. The molecule has 6 heteroatoms. The van der Waals surface area contributed by atoms with Gasteiger partial charge in [-0.3, -0.25) is 0 Å². The zero-order valence-corrected chi connectivity index (χ0v) is 11.2. The molecule has 0 saturated heterocycles. The number of rotatable bonds is 7. The highest BCUT2D eigenvalue weighted by Gasteiger charge is 2.10. The minimum absolute atomic E-state index is 0.129. The van der Waals surface area contributed by atoms with Crippen LogP contribution in [0.5, 0.6) is 0 Å². The number of anilines is 1. The van der Waals surface area contributed by atoms with Gasteiger partial charge < -0.3 is 21.1 Å². The van der Waals surface area contributed by atoms with E-state index in [1.165, 1.54) is 6.33 Å². The number of hydrogen-bond donors (Lipinski definition) is 4. The van der Waals surface area contributed by atoms with Crippen LogP contribution in [0.4, 0.5) is 5.82 Å². The predicted molar refractivity (Wildman–Crippen MR) is 75.5 cm³/mol. The molecule has 0 fully saturated rings. The van der Waals surface area contributed by atoms with Crippen molar-refractivity contribution in [1.29, 1.82) is 0 Å². The standard InChI is InChI=1S/C13H21N5O/c1-2-3-4-10(7-19)15-5-9-6-16-12-11(9)17-8-18-13(12)14/h6,8,10,15-16,19H,2-5,7H2,1H3,(H2,14,17,18)/t10-/m0/s1. The number of H-pyrrole nitrogens is 1. The highest BCUT2D eigenvalue weighted by Crippen LogP contribution is 2.19. The fourth-order valence-corrected chi connectivity index (χ4v) is 2.11. The first-order chi connectivity index (χ1) is 9.26. The van der Waals surface area contributed by atoms with Crippen molar-refractivity contribution in [1.82, 2.24) is 20.3 Å². The van der Waals surface area contributed by atoms with E-state index in [1.54, 1.807) is 0 Å². The SMILES string of the molecule is CCCC[C@@H](CO)NCc1c[nH]c2c(N)ncnc12. The van der Waals surface area contributed by atoms with Gasteiger partial charge in [0.15, 0.2) is 5.82 Å². The maximum Gasteiger partial charge on any atom is 0.151 e. The molecule has 104 valence electrons. The summed E-state index contributed by atoms with van der Waals surface area (Å²) in [6.07, 6.45) is 6.58. The second-order valence-corrected chi connectivity index (χ2v) is 4.70. The van der Waals surface area contributed by atoms with Crippen molar-refractivity contribution in [3.63, 3.8) is 0 Å². The van der Waals surface area contributed by atoms with E-state index in [0.29, 0.717) is 12.4 Å². The topological polar surface area (TPSA) is 99.8 Å². The number of unbranched alkanes of at least 4 members (excludes halogenated alkanes) is 1. The fourth-order valence-electron chi connectivity index (χ4n) is 2.11. The average Bonchev–Trinajstić information content (AvgIpc) is 2.84. The summed E-state index contributed by atoms with van der Waals surface area (Å²) in [5, 5.41) is 12.7. The van der Waals surface area contributed by atoms with Crippen LogP contribution in [0.15, 0.2) is 12.5 Å². The van der Waals surface area contributed by atoms with Crippen LogP contribution in [-0.2, 0) is 6.54 Å². The number of nitrogen functional groups attached to an aromatic ring is 1. The van der Waals surface area contributed by atoms with Crippen LogP contribution < -0.4 is 11.1 Å². The summed E-state index contributed by atoms with van der Waals surface area (Å²) < 4.78 is 0. The quantitative estimate of drug-likeness (QED) is 0.601. The van der Waals surface area contributed by atoms with Crippen LogP contribution in [-0.4, -0.2) is 32.7 Å². The highest BCUT2D eigenvalue weighted by atomic mass is 16.3. The van der Waals surface area contributed by atoms with Crippen LogP contribution >= 0.6 is 0 Å². The van der Waals surface area contributed by atoms with Crippen LogP contribution in [0.25, 0.3) is 11.0 Å². The Bertz CT molecular complexity index is 525. The lowest BCUT2D eigenvalue weighted by atomic mass is 10.1. The summed E-state index contributed by atoms with van der Waals surface area (Å²) in [7, 11) is 0. The van der Waals surface area contributed by atoms with Gasteiger partial charge >= 0.3 is 0 Å². The van der Waals surface area contributed by atoms with E-state index in [4.69, 9.17) is 5.73 Å². The Morgan fingerprint density at radius 2 is 2.32 bits per heavy atom. The number of aliphatic hydroxyl groups excluding tert-OH is 1. The first-order valence-corrected chi connectivity index (χ1v) is 6.67. The smallest absolute Gasteiger partial charge is 0.151 e. The van der Waals surface area contributed by atoms with Gasteiger partial charge in [0.2, 0.25) is 0 Å². The Morgan fingerprint density at radius 1 is 1.47 bits per heavy atom. The number of hydrogen-bond acceptors (Lipinski definition) is 5. The second-order valence-electron chi connectivity index (χ2n) is 4.70. The zero-order chi connectivity index (χ0) is 13.7. The Morgan fingerprint density at radius 3 is 3.05 bits per heavy atom. The normalized spacial score (nSPS) is 12.9. The van der Waals surface area contributed by atoms with Gasteiger partial charge in [0, 0.05) is 24.3 Å². The molecular formula is C13H21N5O. The molecule has 1 atom stereocenters. The zero-order valence-electron chi connectivity index (χ0n) is 11.2. The summed E-state index contributed by atoms with van der Waals surface area (Å²) in [6, 6.07) is 0.129. The van der Waals surface area contributed by atoms with Crippen LogP contribution in [0.2, 0.25) is 0 Å². The molecule has 0 unspecified atom stereocenters. The molecule has 6 nitrogen and oxygen atoms in total. The number of fused-ring (bicyclic) bond motifs is 1. The van der Waals surface area contributed by atoms with Crippen LogP contribution in [0, 0.1) is 0 Å². The largest absolute Gasteiger partial charge is 0.395 e. The van der Waals surface area contributed by atoms with E-state index in [2.05, 4.69) is 27.2 Å². The fraction of sp³-hybridized carbons (Fsp3) is 0.538. The molecule has 5 N–H and O–H groups in total. The molecule has 0 saturated carbocycles. The Hall–Kier alpha value is -1.66. The third-order valence-corrected chi connectivity index (χ3v) is 3.28. The van der Waals surface area contributed by atoms with E-state index in [0.717, 1.165) is 35.9 Å². The van der Waals surface area contributed by atoms with Crippen molar-refractivity contribution in [2.24, 2.45) is 0 Å². The Balaban J connectivity index is 2.03. The van der Waals surface area contributed by atoms with Gasteiger partial charge in [-0.2, -0.15) is 0 Å². The number of aromatic amines is 1. The third kappa shape index (κ3) is 3.21. The van der Waals surface area contributed by atoms with Gasteiger partial charge in [-0.25, -0.2) is 9.97 Å². The van der Waals surface area contributed by atoms with Crippen molar-refractivity contribution in [2.75, 3.05) is 12.3 Å². The third-order valence-electron chi connectivity index (χ3n) is 3.28. The number of nitrogens with zero attached hydrogens (tertiary/aromatic N) is 2. The van der Waals surface area contributed by atoms with Crippen molar-refractivity contribution in [2.45, 2.75) is 38.8 Å². The van der Waals surface area contributed by atoms with E-state index in [-0.39, 0.29) is 12.6 Å². The number of nitrogens with two attached hydrogens (primary N) is 1. The van der Waals surface area contributed by atoms with Gasteiger partial charge in [0.1, 0.15) is 11.8 Å². The minimum Gasteiger partial charge on any atom is -0.395 e. The van der Waals surface area contributed by atoms with Crippen molar-refractivity contribution in [3.05, 3.63) is 18.1 Å². The molecule has 2 aromatic rings. The summed E-state index contributed by atoms with van der Waals surface area (Å²) in [6.45, 7) is 2.96. The Labute approximate surface area is 112 Å². The first-order valence-electron chi connectivity index (χ1n) is 6.67. The summed E-state index contributed by atoms with van der Waals surface area (Å²) in [4.78, 5) is 11.3. The first kappa shape index (κ1) is 13.8. The summed E-state index contributed by atoms with van der Waals surface area (Å²) in [5.41, 5.74) is 8.43. The van der Waals surface area contributed by atoms with E-state index in [1.807, 2.05) is 6.20 Å². The number of aromatic nitrogens is 3. The molecular weight excluding hydrogens is 242 g/mol. The molecule has 0 bridgehead atoms. The average molecular weight is 263 g/mol. The molecule has 2 heterocycles. The molecule has 0 amide bonds. The van der Waals surface area contributed by atoms with Gasteiger partial charge in [-0.15, -0.1) is 0 Å². The van der Waals surface area contributed by atoms with E-state index in [9.17, 15) is 5.11 Å². The van der Waals surface area contributed by atoms with Crippen LogP contribution in [0.1, 0.15) is 31.7 Å². The minimum atomic E-state index is 0.129. The lowest BCUT2D eigenvalue weighted by molar-refractivity contribution is 0.232. The van der Waals surface area contributed by atoms with Gasteiger partial charge in [-0.05, 0) is 6.42 Å². The molecule has 0 aliphatic heterocycles. The molecule has 0 radical (unpaired) electrons. The predicted octanol–water partition coefficient (Wildman–Crippen LogP) is 1.18. The Kier molecular flexibility index (Phi) is 4.70. The van der Waals surface area contributed by atoms with Crippen molar-refractivity contribution < 1.29 is 5.11 Å². The summed E-state index contributed by atoms with van der Waals surface area (Å²) >= 11 is 0. The van der Waals surface area contributed by atoms with Crippen molar-refractivity contribution in [3.8, 4) is 0 Å². The number of nitrogens with one attached hydrogen (secondary N) is 2. The molecule has 2 aromatic heterocycles. The maximum absolute atomic E-state index is 9.32. The number of aliphatic hydroxyl groups is 1. The van der Waals surface area contributed by atoms with Gasteiger partial charge in [0.25, 0.3) is 0 Å². The highest BCUT2D eigenvalue weighted by molar-refractivity contribution is 5.86. The maximum atomic E-state index is 9.32. The molecule has 0 aliphatic rings. The van der Waals surface area contributed by atoms with Gasteiger partial charge in [-0.1, -0.05) is 19.8 Å². The van der Waals surface area contributed by atoms with E-state index >= 15 is 0 Å². The molecule has 2 rings (SSSR count). The van der Waals surface area contributed by atoms with Crippen LogP contribution in [0.3, 0.4) is 0 Å². The van der Waals surface area contributed by atoms with E-state index < -0.39 is 0 Å². The van der Waals surface area contributed by atoms with Gasteiger partial charge in [0.05, 0.1) is 12.1 Å².